The van der Waals surface area contributed by atoms with Crippen LogP contribution in [-0.4, -0.2) is 35.3 Å². The number of nitrogens with zero attached hydrogens (tertiary/aromatic N) is 1. The molecule has 0 aliphatic carbocycles. The first-order valence-electron chi connectivity index (χ1n) is 4.16. The number of amides is 1. The van der Waals surface area contributed by atoms with E-state index in [1.807, 2.05) is 13.0 Å². The van der Waals surface area contributed by atoms with Gasteiger partial charge in [0.1, 0.15) is 12.7 Å². The first kappa shape index (κ1) is 9.95. The minimum atomic E-state index is -0.556. The molecule has 0 aromatic heterocycles. The maximum absolute atomic E-state index is 11.2. The molecule has 1 saturated heterocycles. The second-order valence-electron chi connectivity index (χ2n) is 2.73. The Morgan fingerprint density at radius 3 is 2.92 bits per heavy atom. The summed E-state index contributed by atoms with van der Waals surface area (Å²) in [4.78, 5) is 16.2. The van der Waals surface area contributed by atoms with E-state index < -0.39 is 6.10 Å². The SMILES string of the molecule is C/C=C/C=C/C(=O)N1C[C@@H](O)CO1. The molecule has 0 spiro atoms. The van der Waals surface area contributed by atoms with Crippen LogP contribution in [0.3, 0.4) is 0 Å². The fraction of sp³-hybridized carbons (Fsp3) is 0.444. The smallest absolute Gasteiger partial charge is 0.270 e. The molecule has 0 radical (unpaired) electrons. The van der Waals surface area contributed by atoms with E-state index in [2.05, 4.69) is 0 Å². The molecule has 72 valence electrons. The van der Waals surface area contributed by atoms with Crippen molar-refractivity contribution in [2.45, 2.75) is 13.0 Å². The van der Waals surface area contributed by atoms with Gasteiger partial charge in [-0.2, -0.15) is 0 Å². The van der Waals surface area contributed by atoms with Crippen molar-refractivity contribution in [1.29, 1.82) is 0 Å². The molecule has 4 nitrogen and oxygen atoms in total. The molecule has 1 heterocycles. The molecular weight excluding hydrogens is 170 g/mol. The predicted octanol–water partition coefficient (Wildman–Crippen LogP) is 0.253. The number of aliphatic hydroxyl groups excluding tert-OH is 1. The van der Waals surface area contributed by atoms with Crippen molar-refractivity contribution in [3.8, 4) is 0 Å². The molecule has 1 N–H and O–H groups in total. The number of hydrogen-bond donors (Lipinski definition) is 1. The fourth-order valence-electron chi connectivity index (χ4n) is 0.959. The highest BCUT2D eigenvalue weighted by molar-refractivity contribution is 5.87. The Morgan fingerprint density at radius 1 is 1.62 bits per heavy atom. The van der Waals surface area contributed by atoms with E-state index in [1.54, 1.807) is 12.2 Å². The van der Waals surface area contributed by atoms with Gasteiger partial charge in [0, 0.05) is 6.08 Å². The van der Waals surface area contributed by atoms with Crippen LogP contribution in [0.2, 0.25) is 0 Å². The zero-order valence-corrected chi connectivity index (χ0v) is 7.51. The lowest BCUT2D eigenvalue weighted by Gasteiger charge is -2.09. The molecule has 4 heteroatoms. The molecule has 0 aromatic rings. The molecule has 0 aromatic carbocycles. The minimum Gasteiger partial charge on any atom is -0.389 e. The monoisotopic (exact) mass is 183 g/mol. The van der Waals surface area contributed by atoms with Crippen molar-refractivity contribution in [2.24, 2.45) is 0 Å². The lowest BCUT2D eigenvalue weighted by atomic mass is 10.4. The second-order valence-corrected chi connectivity index (χ2v) is 2.73. The normalized spacial score (nSPS) is 23.5. The molecule has 1 amide bonds. The Hall–Kier alpha value is -1.13. The Labute approximate surface area is 77.1 Å². The van der Waals surface area contributed by atoms with Crippen LogP contribution in [0.5, 0.6) is 0 Å². The third kappa shape index (κ3) is 3.01. The van der Waals surface area contributed by atoms with Crippen molar-refractivity contribution in [1.82, 2.24) is 5.06 Å². The summed E-state index contributed by atoms with van der Waals surface area (Å²) in [6.07, 6.45) is 6.06. The molecule has 1 aliphatic heterocycles. The van der Waals surface area contributed by atoms with E-state index >= 15 is 0 Å². The van der Waals surface area contributed by atoms with Gasteiger partial charge in [0.15, 0.2) is 0 Å². The molecule has 13 heavy (non-hydrogen) atoms. The first-order chi connectivity index (χ1) is 6.24. The Morgan fingerprint density at radius 2 is 2.38 bits per heavy atom. The number of hydrogen-bond acceptors (Lipinski definition) is 3. The summed E-state index contributed by atoms with van der Waals surface area (Å²) in [7, 11) is 0. The van der Waals surface area contributed by atoms with Crippen LogP contribution in [0.4, 0.5) is 0 Å². The molecule has 0 unspecified atom stereocenters. The van der Waals surface area contributed by atoms with Crippen molar-refractivity contribution < 1.29 is 14.7 Å². The Bertz CT molecular complexity index is 235. The molecule has 1 atom stereocenters. The molecule has 0 bridgehead atoms. The highest BCUT2D eigenvalue weighted by atomic mass is 16.7. The van der Waals surface area contributed by atoms with Crippen LogP contribution in [0, 0.1) is 0 Å². The van der Waals surface area contributed by atoms with Crippen LogP contribution in [0.1, 0.15) is 6.92 Å². The average Bonchev–Trinajstić information content (AvgIpc) is 2.52. The highest BCUT2D eigenvalue weighted by Gasteiger charge is 2.24. The van der Waals surface area contributed by atoms with E-state index in [-0.39, 0.29) is 19.1 Å². The Balaban J connectivity index is 2.40. The number of aliphatic hydroxyl groups is 1. The van der Waals surface area contributed by atoms with E-state index in [4.69, 9.17) is 9.94 Å². The third-order valence-electron chi connectivity index (χ3n) is 1.59. The summed E-state index contributed by atoms with van der Waals surface area (Å²) >= 11 is 0. The van der Waals surface area contributed by atoms with Crippen LogP contribution in [0.15, 0.2) is 24.3 Å². The van der Waals surface area contributed by atoms with Crippen molar-refractivity contribution in [2.75, 3.05) is 13.2 Å². The van der Waals surface area contributed by atoms with E-state index in [0.717, 1.165) is 5.06 Å². The van der Waals surface area contributed by atoms with E-state index in [0.29, 0.717) is 0 Å². The molecule has 1 fully saturated rings. The summed E-state index contributed by atoms with van der Waals surface area (Å²) in [5.41, 5.74) is 0. The lowest BCUT2D eigenvalue weighted by molar-refractivity contribution is -0.162. The average molecular weight is 183 g/mol. The zero-order valence-electron chi connectivity index (χ0n) is 7.51. The van der Waals surface area contributed by atoms with Crippen LogP contribution < -0.4 is 0 Å². The predicted molar refractivity (Wildman–Crippen MR) is 47.6 cm³/mol. The molecule has 1 aliphatic rings. The van der Waals surface area contributed by atoms with Crippen LogP contribution in [0.25, 0.3) is 0 Å². The number of carbonyl (C=O) groups is 1. The van der Waals surface area contributed by atoms with Crippen LogP contribution >= 0.6 is 0 Å². The van der Waals surface area contributed by atoms with Crippen molar-refractivity contribution in [3.05, 3.63) is 24.3 Å². The van der Waals surface area contributed by atoms with E-state index in [9.17, 15) is 4.79 Å². The molecule has 0 saturated carbocycles. The maximum Gasteiger partial charge on any atom is 0.270 e. The van der Waals surface area contributed by atoms with Gasteiger partial charge in [0.2, 0.25) is 0 Å². The van der Waals surface area contributed by atoms with Gasteiger partial charge in [0.05, 0.1) is 6.54 Å². The van der Waals surface area contributed by atoms with Gasteiger partial charge in [-0.3, -0.25) is 9.63 Å². The standard InChI is InChI=1S/C9H13NO3/c1-2-3-4-5-9(12)10-6-8(11)7-13-10/h2-5,8,11H,6-7H2,1H3/b3-2+,5-4+/t8-/m1/s1. The van der Waals surface area contributed by atoms with Gasteiger partial charge in [-0.05, 0) is 6.92 Å². The van der Waals surface area contributed by atoms with Crippen molar-refractivity contribution in [3.63, 3.8) is 0 Å². The molecular formula is C9H13NO3. The quantitative estimate of drug-likeness (QED) is 0.493. The van der Waals surface area contributed by atoms with Gasteiger partial charge in [-0.15, -0.1) is 0 Å². The number of carbonyl (C=O) groups excluding carboxylic acids is 1. The summed E-state index contributed by atoms with van der Waals surface area (Å²) in [5.74, 6) is -0.241. The maximum atomic E-state index is 11.2. The molecule has 1 rings (SSSR count). The number of hydroxylamine groups is 2. The number of allylic oxidation sites excluding steroid dienone is 3. The topological polar surface area (TPSA) is 49.8 Å². The highest BCUT2D eigenvalue weighted by Crippen LogP contribution is 2.05. The zero-order chi connectivity index (χ0) is 9.68. The number of rotatable bonds is 2. The fourth-order valence-corrected chi connectivity index (χ4v) is 0.959. The number of β-amino-alcohol motifs (C(OH)–C–C–N with tert-alkyl or cyclic N) is 1. The lowest BCUT2D eigenvalue weighted by Crippen LogP contribution is -2.26. The van der Waals surface area contributed by atoms with Gasteiger partial charge in [-0.25, -0.2) is 5.06 Å². The summed E-state index contributed by atoms with van der Waals surface area (Å²) in [5, 5.41) is 10.2. The van der Waals surface area contributed by atoms with Crippen molar-refractivity contribution >= 4 is 5.91 Å². The first-order valence-corrected chi connectivity index (χ1v) is 4.16. The van der Waals surface area contributed by atoms with Gasteiger partial charge in [0.25, 0.3) is 5.91 Å². The summed E-state index contributed by atoms with van der Waals surface area (Å²) in [6.45, 7) is 2.31. The Kier molecular flexibility index (Phi) is 3.67. The third-order valence-corrected chi connectivity index (χ3v) is 1.59. The second kappa shape index (κ2) is 4.79. The summed E-state index contributed by atoms with van der Waals surface area (Å²) in [6, 6.07) is 0. The van der Waals surface area contributed by atoms with E-state index in [1.165, 1.54) is 6.08 Å². The van der Waals surface area contributed by atoms with Gasteiger partial charge in [-0.1, -0.05) is 18.2 Å². The minimum absolute atomic E-state index is 0.198. The van der Waals surface area contributed by atoms with Crippen LogP contribution in [-0.2, 0) is 9.63 Å². The largest absolute Gasteiger partial charge is 0.389 e. The van der Waals surface area contributed by atoms with Gasteiger partial charge >= 0.3 is 0 Å². The summed E-state index contributed by atoms with van der Waals surface area (Å²) < 4.78 is 0. The van der Waals surface area contributed by atoms with Gasteiger partial charge < -0.3 is 5.11 Å².